The molecule has 160 valence electrons. The first kappa shape index (κ1) is 23.0. The molecule has 29 heavy (non-hydrogen) atoms. The summed E-state index contributed by atoms with van der Waals surface area (Å²) in [6, 6.07) is 2.39. The van der Waals surface area contributed by atoms with E-state index in [0.717, 1.165) is 6.08 Å². The summed E-state index contributed by atoms with van der Waals surface area (Å²) in [6.45, 7) is -1.47. The summed E-state index contributed by atoms with van der Waals surface area (Å²) in [4.78, 5) is 31.2. The van der Waals surface area contributed by atoms with Gasteiger partial charge in [-0.2, -0.15) is 18.0 Å². The third-order valence-electron chi connectivity index (χ3n) is 3.38. The molecule has 1 aromatic carbocycles. The fourth-order valence-electron chi connectivity index (χ4n) is 2.26. The maximum atomic E-state index is 13.4. The van der Waals surface area contributed by atoms with E-state index in [1.807, 2.05) is 0 Å². The quantitative estimate of drug-likeness (QED) is 0.393. The second kappa shape index (κ2) is 9.45. The van der Waals surface area contributed by atoms with Gasteiger partial charge >= 0.3 is 17.2 Å². The van der Waals surface area contributed by atoms with Crippen LogP contribution in [0.3, 0.4) is 0 Å². The Morgan fingerprint density at radius 3 is 2.62 bits per heavy atom. The Kier molecular flexibility index (Phi) is 7.48. The summed E-state index contributed by atoms with van der Waals surface area (Å²) in [6.07, 6.45) is -8.40. The molecule has 0 aliphatic carbocycles. The van der Waals surface area contributed by atoms with Crippen molar-refractivity contribution in [3.63, 3.8) is 0 Å². The number of nitrogens with one attached hydrogen (secondary N) is 1. The van der Waals surface area contributed by atoms with Crippen LogP contribution in [0.1, 0.15) is 5.56 Å². The number of carbonyl (C=O) groups is 1. The zero-order valence-electron chi connectivity index (χ0n) is 14.0. The predicted octanol–water partition coefficient (Wildman–Crippen LogP) is 2.62. The van der Waals surface area contributed by atoms with E-state index in [4.69, 9.17) is 43.1 Å². The number of benzene rings is 1. The Bertz CT molecular complexity index is 821. The van der Waals surface area contributed by atoms with Crippen LogP contribution in [-0.2, 0) is 19.2 Å². The average Bonchev–Trinajstić information content (AvgIpc) is 2.61. The van der Waals surface area contributed by atoms with E-state index in [2.05, 4.69) is 9.68 Å². The Labute approximate surface area is 169 Å². The highest BCUT2D eigenvalue weighted by Crippen LogP contribution is 2.42. The van der Waals surface area contributed by atoms with Crippen molar-refractivity contribution in [3.05, 3.63) is 38.2 Å². The van der Waals surface area contributed by atoms with E-state index in [9.17, 15) is 22.9 Å². The fourth-order valence-corrected chi connectivity index (χ4v) is 2.81. The largest absolute Gasteiger partial charge is 0.475 e. The molecule has 0 spiro atoms. The van der Waals surface area contributed by atoms with Gasteiger partial charge in [0.15, 0.2) is 6.10 Å². The molecule has 1 aromatic rings. The molecule has 0 bridgehead atoms. The molecule has 2 rings (SSSR count). The zero-order chi connectivity index (χ0) is 21.8. The Hall–Kier alpha value is -2.32. The fraction of sp³-hybridized carbons (Fsp3) is 0.357. The lowest BCUT2D eigenvalue weighted by atomic mass is 10.0. The standard InChI is InChI=1S/C14H12Cl2F3N2O8/c15-7-1-6-2-9(12(14(17,18)19)29-11(6)10(16)3-7)13(22)28-8(4-26-20-23)5-27-21(24)25/h1-3,8,12,20,23H,4-5H2,(H,24,25)/q+1/t8?,12-/m0/s1. The molecule has 15 heteroatoms. The predicted molar refractivity (Wildman–Crippen MR) is 87.0 cm³/mol. The molecule has 0 amide bonds. The first-order valence-electron chi connectivity index (χ1n) is 7.47. The molecule has 0 saturated carbocycles. The number of nitrogens with zero attached hydrogens (tertiary/aromatic N) is 1. The number of esters is 1. The summed E-state index contributed by atoms with van der Waals surface area (Å²) < 4.78 is 50.0. The van der Waals surface area contributed by atoms with Crippen molar-refractivity contribution in [1.82, 2.24) is 5.64 Å². The van der Waals surface area contributed by atoms with Crippen LogP contribution in [0.15, 0.2) is 17.7 Å². The van der Waals surface area contributed by atoms with Crippen LogP contribution in [0.5, 0.6) is 5.75 Å². The minimum Gasteiger partial charge on any atom is -0.474 e. The molecule has 0 fully saturated rings. The van der Waals surface area contributed by atoms with Crippen molar-refractivity contribution in [1.29, 1.82) is 0 Å². The van der Waals surface area contributed by atoms with Crippen LogP contribution >= 0.6 is 23.2 Å². The van der Waals surface area contributed by atoms with Gasteiger partial charge in [0.25, 0.3) is 0 Å². The second-order valence-corrected chi connectivity index (χ2v) is 6.25. The van der Waals surface area contributed by atoms with Gasteiger partial charge in [-0.3, -0.25) is 10.0 Å². The lowest BCUT2D eigenvalue weighted by Gasteiger charge is -2.29. The van der Waals surface area contributed by atoms with Crippen LogP contribution in [0.2, 0.25) is 10.0 Å². The van der Waals surface area contributed by atoms with Crippen LogP contribution in [-0.4, -0.2) is 53.1 Å². The van der Waals surface area contributed by atoms with E-state index in [-0.39, 0.29) is 21.4 Å². The number of rotatable bonds is 8. The van der Waals surface area contributed by atoms with Gasteiger partial charge in [-0.25, -0.2) is 10.0 Å². The Morgan fingerprint density at radius 2 is 2.03 bits per heavy atom. The molecule has 1 heterocycles. The van der Waals surface area contributed by atoms with Gasteiger partial charge in [-0.05, 0) is 18.2 Å². The normalized spacial score (nSPS) is 16.9. The lowest BCUT2D eigenvalue weighted by molar-refractivity contribution is -0.976. The van der Waals surface area contributed by atoms with Crippen molar-refractivity contribution in [3.8, 4) is 5.75 Å². The van der Waals surface area contributed by atoms with Crippen molar-refractivity contribution in [2.75, 3.05) is 13.2 Å². The van der Waals surface area contributed by atoms with Gasteiger partial charge in [0.2, 0.25) is 12.7 Å². The lowest BCUT2D eigenvalue weighted by Crippen LogP contribution is -2.42. The number of halogens is 5. The van der Waals surface area contributed by atoms with Crippen LogP contribution in [0.4, 0.5) is 13.2 Å². The number of hydrogen-bond donors (Lipinski definition) is 3. The minimum absolute atomic E-state index is 0.00267. The zero-order valence-corrected chi connectivity index (χ0v) is 15.5. The highest BCUT2D eigenvalue weighted by molar-refractivity contribution is 6.36. The maximum absolute atomic E-state index is 13.4. The van der Waals surface area contributed by atoms with E-state index >= 15 is 0 Å². The van der Waals surface area contributed by atoms with Gasteiger partial charge < -0.3 is 9.47 Å². The number of carbonyl (C=O) groups excluding carboxylic acids is 1. The molecule has 0 aromatic heterocycles. The van der Waals surface area contributed by atoms with Gasteiger partial charge in [0.05, 0.1) is 10.6 Å². The summed E-state index contributed by atoms with van der Waals surface area (Å²) in [7, 11) is 0. The highest BCUT2D eigenvalue weighted by atomic mass is 35.5. The van der Waals surface area contributed by atoms with Crippen molar-refractivity contribution in [2.24, 2.45) is 0 Å². The van der Waals surface area contributed by atoms with E-state index in [0.29, 0.717) is 0 Å². The first-order valence-corrected chi connectivity index (χ1v) is 8.23. The molecular formula is C14H12Cl2F3N2O8+. The number of hydrogen-bond acceptors (Lipinski definition) is 8. The van der Waals surface area contributed by atoms with Gasteiger partial charge in [0.1, 0.15) is 17.3 Å². The summed E-state index contributed by atoms with van der Waals surface area (Å²) in [5, 5.41) is 15.8. The number of alkyl halides is 3. The molecule has 3 N–H and O–H groups in total. The number of ether oxygens (including phenoxy) is 2. The van der Waals surface area contributed by atoms with Crippen molar-refractivity contribution >= 4 is 35.2 Å². The van der Waals surface area contributed by atoms with Gasteiger partial charge in [0, 0.05) is 10.6 Å². The molecule has 1 aliphatic rings. The molecule has 0 saturated heterocycles. The SMILES string of the molecule is O=C(OC(CONO)CO[N+](=O)O)C1=Cc2cc(Cl)cc(Cl)c2O[C@@H]1C(F)(F)F. The first-order chi connectivity index (χ1) is 13.5. The van der Waals surface area contributed by atoms with E-state index in [1.54, 1.807) is 0 Å². The minimum atomic E-state index is -5.02. The number of fused-ring (bicyclic) bond motifs is 1. The van der Waals surface area contributed by atoms with Gasteiger partial charge in [-0.1, -0.05) is 28.8 Å². The van der Waals surface area contributed by atoms with E-state index < -0.39 is 48.2 Å². The summed E-state index contributed by atoms with van der Waals surface area (Å²) >= 11 is 11.7. The topological polar surface area (TPSA) is 127 Å². The highest BCUT2D eigenvalue weighted by Gasteiger charge is 2.49. The van der Waals surface area contributed by atoms with Gasteiger partial charge in [-0.15, -0.1) is 0 Å². The second-order valence-electron chi connectivity index (χ2n) is 5.41. The molecule has 2 atom stereocenters. The third-order valence-corrected chi connectivity index (χ3v) is 3.88. The molecule has 0 radical (unpaired) electrons. The van der Waals surface area contributed by atoms with E-state index in [1.165, 1.54) is 17.8 Å². The smallest absolute Gasteiger partial charge is 0.474 e. The van der Waals surface area contributed by atoms with Crippen molar-refractivity contribution in [2.45, 2.75) is 18.4 Å². The maximum Gasteiger partial charge on any atom is 0.475 e. The average molecular weight is 464 g/mol. The molecule has 1 aliphatic heterocycles. The Morgan fingerprint density at radius 1 is 1.34 bits per heavy atom. The monoisotopic (exact) mass is 463 g/mol. The Balaban J connectivity index is 2.34. The summed E-state index contributed by atoms with van der Waals surface area (Å²) in [5.41, 5.74) is 0.294. The third kappa shape index (κ3) is 6.08. The molecular weight excluding hydrogens is 452 g/mol. The van der Waals surface area contributed by atoms with Crippen LogP contribution < -0.4 is 10.4 Å². The summed E-state index contributed by atoms with van der Waals surface area (Å²) in [5.74, 6) is -1.83. The van der Waals surface area contributed by atoms with Crippen LogP contribution in [0, 0.1) is 4.91 Å². The molecule has 10 nitrogen and oxygen atoms in total. The van der Waals surface area contributed by atoms with Crippen molar-refractivity contribution < 1.29 is 52.6 Å². The van der Waals surface area contributed by atoms with Crippen LogP contribution in [0.25, 0.3) is 6.08 Å². The molecule has 1 unspecified atom stereocenters.